The highest BCUT2D eigenvalue weighted by Crippen LogP contribution is 2.28. The van der Waals surface area contributed by atoms with Crippen LogP contribution in [0.3, 0.4) is 0 Å². The number of anilines is 1. The van der Waals surface area contributed by atoms with Gasteiger partial charge in [-0.2, -0.15) is 0 Å². The van der Waals surface area contributed by atoms with E-state index in [-0.39, 0.29) is 36.9 Å². The second-order valence-corrected chi connectivity index (χ2v) is 9.26. The number of urea groups is 1. The van der Waals surface area contributed by atoms with Crippen molar-refractivity contribution in [3.05, 3.63) is 47.7 Å². The zero-order valence-corrected chi connectivity index (χ0v) is 22.2. The topological polar surface area (TPSA) is 104 Å². The zero-order chi connectivity index (χ0) is 26.9. The summed E-state index contributed by atoms with van der Waals surface area (Å²) in [4.78, 5) is 34.0. The molecule has 3 rings (SSSR count). The van der Waals surface area contributed by atoms with Crippen molar-refractivity contribution in [3.63, 3.8) is 0 Å². The average Bonchev–Trinajstić information content (AvgIpc) is 2.90. The van der Waals surface area contributed by atoms with Crippen LogP contribution in [0.15, 0.2) is 36.5 Å². The van der Waals surface area contributed by atoms with Gasteiger partial charge >= 0.3 is 6.03 Å². The van der Waals surface area contributed by atoms with Crippen molar-refractivity contribution in [3.8, 4) is 23.5 Å². The molecule has 1 aromatic heterocycles. The normalized spacial score (nSPS) is 17.8. The first-order valence-corrected chi connectivity index (χ1v) is 12.5. The van der Waals surface area contributed by atoms with E-state index in [4.69, 9.17) is 9.47 Å². The summed E-state index contributed by atoms with van der Waals surface area (Å²) in [5.74, 6) is 6.45. The molecule has 1 aromatic carbocycles. The molecule has 2 N–H and O–H groups in total. The molecule has 2 heterocycles. The predicted molar refractivity (Wildman–Crippen MR) is 142 cm³/mol. The fourth-order valence-corrected chi connectivity index (χ4v) is 3.99. The Morgan fingerprint density at radius 2 is 2.16 bits per heavy atom. The molecule has 0 saturated heterocycles. The minimum absolute atomic E-state index is 0.154. The molecule has 0 aliphatic carbocycles. The lowest BCUT2D eigenvalue weighted by molar-refractivity contribution is 0.0356. The summed E-state index contributed by atoms with van der Waals surface area (Å²) >= 11 is 0. The highest BCUT2D eigenvalue weighted by Gasteiger charge is 2.34. The number of methoxy groups -OCH3 is 1. The van der Waals surface area contributed by atoms with Crippen LogP contribution in [0.25, 0.3) is 0 Å². The number of nitrogens with zero attached hydrogens (tertiary/aromatic N) is 3. The van der Waals surface area contributed by atoms with Crippen molar-refractivity contribution in [2.24, 2.45) is 5.92 Å². The number of aliphatic hydroxyl groups excluding tert-OH is 1. The number of carbonyl (C=O) groups is 2. The van der Waals surface area contributed by atoms with Crippen LogP contribution in [-0.4, -0.2) is 77.8 Å². The molecule has 0 spiro atoms. The van der Waals surface area contributed by atoms with Crippen LogP contribution >= 0.6 is 0 Å². The Bertz CT molecular complexity index is 1160. The van der Waals surface area contributed by atoms with E-state index in [1.807, 2.05) is 26.0 Å². The Labute approximate surface area is 218 Å². The lowest BCUT2D eigenvalue weighted by Crippen LogP contribution is -2.50. The molecule has 2 aromatic rings. The number of ether oxygens (including phenoxy) is 2. The number of fused-ring (bicyclic) bond motifs is 1. The van der Waals surface area contributed by atoms with Gasteiger partial charge in [-0.05, 0) is 31.5 Å². The Morgan fingerprint density at radius 3 is 2.86 bits per heavy atom. The van der Waals surface area contributed by atoms with Crippen molar-refractivity contribution in [1.82, 2.24) is 14.8 Å². The van der Waals surface area contributed by atoms with Gasteiger partial charge in [-0.3, -0.25) is 4.79 Å². The van der Waals surface area contributed by atoms with E-state index in [9.17, 15) is 14.7 Å². The molecule has 0 unspecified atom stereocenters. The van der Waals surface area contributed by atoms with E-state index in [0.29, 0.717) is 29.1 Å². The van der Waals surface area contributed by atoms with E-state index >= 15 is 0 Å². The maximum absolute atomic E-state index is 13.5. The van der Waals surface area contributed by atoms with E-state index in [0.717, 1.165) is 12.8 Å². The van der Waals surface area contributed by atoms with Gasteiger partial charge in [0.1, 0.15) is 17.4 Å². The molecule has 198 valence electrons. The largest absolute Gasteiger partial charge is 0.495 e. The van der Waals surface area contributed by atoms with Gasteiger partial charge in [0.05, 0.1) is 32.0 Å². The number of amides is 3. The first-order chi connectivity index (χ1) is 17.8. The lowest BCUT2D eigenvalue weighted by Gasteiger charge is -2.37. The summed E-state index contributed by atoms with van der Waals surface area (Å²) in [6.07, 6.45) is 2.82. The third kappa shape index (κ3) is 6.92. The summed E-state index contributed by atoms with van der Waals surface area (Å²) in [5, 5.41) is 12.7. The van der Waals surface area contributed by atoms with Crippen LogP contribution in [0.5, 0.6) is 11.6 Å². The Morgan fingerprint density at radius 1 is 1.41 bits per heavy atom. The van der Waals surface area contributed by atoms with Gasteiger partial charge in [0, 0.05) is 37.7 Å². The summed E-state index contributed by atoms with van der Waals surface area (Å²) in [6.45, 7) is 6.22. The van der Waals surface area contributed by atoms with Crippen LogP contribution in [0.2, 0.25) is 0 Å². The number of unbranched alkanes of at least 4 members (excludes halogenated alkanes) is 1. The molecule has 0 bridgehead atoms. The molecule has 1 aliphatic rings. The van der Waals surface area contributed by atoms with E-state index in [1.165, 1.54) is 4.90 Å². The summed E-state index contributed by atoms with van der Waals surface area (Å²) in [5.41, 5.74) is 1.48. The minimum atomic E-state index is -0.460. The lowest BCUT2D eigenvalue weighted by atomic mass is 10.00. The summed E-state index contributed by atoms with van der Waals surface area (Å²) in [7, 11) is 3.23. The maximum atomic E-state index is 13.5. The van der Waals surface area contributed by atoms with E-state index in [2.05, 4.69) is 22.1 Å². The number of aromatic nitrogens is 1. The molecule has 3 atom stereocenters. The number of hydrogen-bond donors (Lipinski definition) is 2. The summed E-state index contributed by atoms with van der Waals surface area (Å²) < 4.78 is 11.6. The second-order valence-electron chi connectivity index (χ2n) is 9.26. The highest BCUT2D eigenvalue weighted by molar-refractivity contribution is 5.97. The highest BCUT2D eigenvalue weighted by atomic mass is 16.5. The molecular formula is C28H36N4O5. The quantitative estimate of drug-likeness (QED) is 0.554. The Hall–Kier alpha value is -3.77. The number of hydrogen-bond acceptors (Lipinski definition) is 6. The van der Waals surface area contributed by atoms with Gasteiger partial charge in [-0.25, -0.2) is 9.78 Å². The third-order valence-electron chi connectivity index (χ3n) is 6.28. The van der Waals surface area contributed by atoms with Crippen LogP contribution < -0.4 is 14.8 Å². The number of nitrogens with one attached hydrogen (secondary N) is 1. The number of rotatable bonds is 7. The number of likely N-dealkylation sites (N-methyl/N-ethyl adjacent to an activating group) is 1. The van der Waals surface area contributed by atoms with Crippen molar-refractivity contribution >= 4 is 17.6 Å². The fraction of sp³-hybridized carbons (Fsp3) is 0.464. The van der Waals surface area contributed by atoms with Crippen LogP contribution in [-0.2, 0) is 0 Å². The van der Waals surface area contributed by atoms with Crippen LogP contribution in [0.4, 0.5) is 10.5 Å². The average molecular weight is 509 g/mol. The zero-order valence-electron chi connectivity index (χ0n) is 22.2. The minimum Gasteiger partial charge on any atom is -0.495 e. The maximum Gasteiger partial charge on any atom is 0.321 e. The monoisotopic (exact) mass is 508 g/mol. The van der Waals surface area contributed by atoms with Crippen molar-refractivity contribution in [1.29, 1.82) is 0 Å². The van der Waals surface area contributed by atoms with Crippen molar-refractivity contribution in [2.75, 3.05) is 39.2 Å². The molecular weight excluding hydrogens is 472 g/mol. The van der Waals surface area contributed by atoms with Gasteiger partial charge in [0.2, 0.25) is 5.88 Å². The first-order valence-electron chi connectivity index (χ1n) is 12.5. The number of para-hydroxylation sites is 2. The molecule has 0 radical (unpaired) electrons. The number of aliphatic hydroxyl groups is 1. The molecule has 1 aliphatic heterocycles. The summed E-state index contributed by atoms with van der Waals surface area (Å²) in [6, 6.07) is 8.14. The van der Waals surface area contributed by atoms with Gasteiger partial charge < -0.3 is 29.7 Å². The third-order valence-corrected chi connectivity index (χ3v) is 6.28. The number of benzene rings is 1. The van der Waals surface area contributed by atoms with Crippen molar-refractivity contribution in [2.45, 2.75) is 45.8 Å². The molecule has 3 amide bonds. The van der Waals surface area contributed by atoms with Gasteiger partial charge in [-0.15, -0.1) is 0 Å². The van der Waals surface area contributed by atoms with E-state index < -0.39 is 12.1 Å². The standard InChI is InChI=1S/C28H36N4O5/c1-6-7-8-11-21-14-22-26(29-15-21)37-25(19(2)16-32(27(22)34)20(3)18-33)17-31(4)28(35)30-23-12-9-10-13-24(23)36-5/h9-10,12-15,19-20,25,33H,6-7,16-18H2,1-5H3,(H,30,35)/t19-,20-,25+/m1/s1. The smallest absolute Gasteiger partial charge is 0.321 e. The molecule has 9 nitrogen and oxygen atoms in total. The van der Waals surface area contributed by atoms with Crippen LogP contribution in [0.1, 0.15) is 49.5 Å². The molecule has 9 heteroatoms. The SMILES string of the molecule is CCCC#Cc1cnc2c(c1)C(=O)N([C@H](C)CO)C[C@@H](C)[C@H](CN(C)C(=O)Nc1ccccc1OC)O2. The van der Waals surface area contributed by atoms with Crippen molar-refractivity contribution < 1.29 is 24.2 Å². The van der Waals surface area contributed by atoms with Gasteiger partial charge in [0.15, 0.2) is 0 Å². The predicted octanol–water partition coefficient (Wildman–Crippen LogP) is 3.63. The Balaban J connectivity index is 1.87. The first kappa shape index (κ1) is 27.8. The van der Waals surface area contributed by atoms with Gasteiger partial charge in [0.25, 0.3) is 5.91 Å². The second kappa shape index (κ2) is 13.0. The molecule has 37 heavy (non-hydrogen) atoms. The molecule has 0 saturated carbocycles. The Kier molecular flexibility index (Phi) is 9.75. The van der Waals surface area contributed by atoms with E-state index in [1.54, 1.807) is 50.4 Å². The number of pyridine rings is 1. The van der Waals surface area contributed by atoms with Crippen LogP contribution in [0, 0.1) is 17.8 Å². The van der Waals surface area contributed by atoms with Gasteiger partial charge in [-0.1, -0.05) is 37.8 Å². The molecule has 0 fully saturated rings. The number of carbonyl (C=O) groups excluding carboxylic acids is 2. The fourth-order valence-electron chi connectivity index (χ4n) is 3.99.